The maximum Gasteiger partial charge on any atom is 0.106 e. The van der Waals surface area contributed by atoms with E-state index in [4.69, 9.17) is 0 Å². The molecule has 88 valence electrons. The van der Waals surface area contributed by atoms with Gasteiger partial charge in [0.05, 0.1) is 12.2 Å². The van der Waals surface area contributed by atoms with Crippen LogP contribution in [0.25, 0.3) is 0 Å². The Labute approximate surface area is 118 Å². The number of hydrogen-bond acceptors (Lipinski definition) is 2. The van der Waals surface area contributed by atoms with Gasteiger partial charge >= 0.3 is 0 Å². The average molecular weight is 356 g/mol. The highest BCUT2D eigenvalue weighted by atomic mass is 79.9. The van der Waals surface area contributed by atoms with Crippen molar-refractivity contribution in [2.75, 3.05) is 5.32 Å². The summed E-state index contributed by atoms with van der Waals surface area (Å²) in [5.41, 5.74) is 3.36. The van der Waals surface area contributed by atoms with Gasteiger partial charge in [0, 0.05) is 10.2 Å². The van der Waals surface area contributed by atoms with Gasteiger partial charge in [0.2, 0.25) is 0 Å². The van der Waals surface area contributed by atoms with E-state index in [2.05, 4.69) is 61.2 Å². The number of aromatic nitrogens is 1. The van der Waals surface area contributed by atoms with E-state index in [1.807, 2.05) is 24.3 Å². The van der Waals surface area contributed by atoms with Gasteiger partial charge in [0.15, 0.2) is 0 Å². The fourth-order valence-corrected chi connectivity index (χ4v) is 2.26. The lowest BCUT2D eigenvalue weighted by molar-refractivity contribution is 1.03. The second-order valence-corrected chi connectivity index (χ2v) is 5.49. The minimum atomic E-state index is 0.719. The van der Waals surface area contributed by atoms with Crippen LogP contribution in [0.1, 0.15) is 11.3 Å². The number of aryl methyl sites for hydroxylation is 1. The molecule has 0 bridgehead atoms. The summed E-state index contributed by atoms with van der Waals surface area (Å²) in [5, 5.41) is 3.38. The quantitative estimate of drug-likeness (QED) is 0.818. The third kappa shape index (κ3) is 3.54. The van der Waals surface area contributed by atoms with E-state index in [-0.39, 0.29) is 0 Å². The molecule has 0 saturated carbocycles. The predicted octanol–water partition coefficient (Wildman–Crippen LogP) is 4.53. The van der Waals surface area contributed by atoms with Crippen LogP contribution in [0.5, 0.6) is 0 Å². The molecule has 1 aromatic heterocycles. The summed E-state index contributed by atoms with van der Waals surface area (Å²) < 4.78 is 1.94. The number of pyridine rings is 1. The number of rotatable bonds is 3. The molecule has 0 radical (unpaired) electrons. The lowest BCUT2D eigenvalue weighted by Gasteiger charge is -2.09. The SMILES string of the molecule is Cc1ccc(Br)cc1NCc1cccc(Br)n1. The molecule has 2 aromatic rings. The molecule has 0 unspecified atom stereocenters. The van der Waals surface area contributed by atoms with Crippen LogP contribution in [-0.2, 0) is 6.54 Å². The van der Waals surface area contributed by atoms with E-state index < -0.39 is 0 Å². The van der Waals surface area contributed by atoms with Gasteiger partial charge in [-0.05, 0) is 52.7 Å². The van der Waals surface area contributed by atoms with Gasteiger partial charge in [0.25, 0.3) is 0 Å². The summed E-state index contributed by atoms with van der Waals surface area (Å²) in [4.78, 5) is 4.38. The Morgan fingerprint density at radius 3 is 2.76 bits per heavy atom. The van der Waals surface area contributed by atoms with E-state index in [0.29, 0.717) is 0 Å². The zero-order chi connectivity index (χ0) is 12.3. The number of nitrogens with zero attached hydrogens (tertiary/aromatic N) is 1. The van der Waals surface area contributed by atoms with Crippen molar-refractivity contribution in [3.63, 3.8) is 0 Å². The van der Waals surface area contributed by atoms with Gasteiger partial charge in [-0.15, -0.1) is 0 Å². The molecule has 17 heavy (non-hydrogen) atoms. The van der Waals surface area contributed by atoms with E-state index >= 15 is 0 Å². The van der Waals surface area contributed by atoms with Crippen LogP contribution in [0.4, 0.5) is 5.69 Å². The molecule has 0 aliphatic heterocycles. The summed E-state index contributed by atoms with van der Waals surface area (Å²) in [6, 6.07) is 12.1. The van der Waals surface area contributed by atoms with Crippen molar-refractivity contribution in [2.24, 2.45) is 0 Å². The molecule has 1 aromatic carbocycles. The Kier molecular flexibility index (Phi) is 4.18. The number of hydrogen-bond donors (Lipinski definition) is 1. The molecule has 4 heteroatoms. The van der Waals surface area contributed by atoms with Gasteiger partial charge in [-0.1, -0.05) is 28.1 Å². The molecule has 0 atom stereocenters. The zero-order valence-electron chi connectivity index (χ0n) is 9.37. The molecule has 0 aliphatic carbocycles. The minimum Gasteiger partial charge on any atom is -0.379 e. The predicted molar refractivity (Wildman–Crippen MR) is 78.1 cm³/mol. The molecule has 0 spiro atoms. The topological polar surface area (TPSA) is 24.9 Å². The molecule has 1 heterocycles. The van der Waals surface area contributed by atoms with Crippen molar-refractivity contribution in [1.82, 2.24) is 4.98 Å². The first-order chi connectivity index (χ1) is 8.15. The minimum absolute atomic E-state index is 0.719. The van der Waals surface area contributed by atoms with E-state index in [1.165, 1.54) is 5.56 Å². The van der Waals surface area contributed by atoms with Crippen molar-refractivity contribution in [3.05, 3.63) is 56.7 Å². The molecule has 2 rings (SSSR count). The Morgan fingerprint density at radius 2 is 2.00 bits per heavy atom. The first-order valence-corrected chi connectivity index (χ1v) is 6.85. The van der Waals surface area contributed by atoms with Crippen LogP contribution in [0, 0.1) is 6.92 Å². The molecule has 0 saturated heterocycles. The average Bonchev–Trinajstić information content (AvgIpc) is 2.30. The Morgan fingerprint density at radius 1 is 1.18 bits per heavy atom. The van der Waals surface area contributed by atoms with Crippen LogP contribution >= 0.6 is 31.9 Å². The highest BCUT2D eigenvalue weighted by molar-refractivity contribution is 9.10. The van der Waals surface area contributed by atoms with Crippen LogP contribution in [0.3, 0.4) is 0 Å². The summed E-state index contributed by atoms with van der Waals surface area (Å²) in [5.74, 6) is 0. The van der Waals surface area contributed by atoms with Crippen LogP contribution < -0.4 is 5.32 Å². The Hall–Kier alpha value is -0.870. The van der Waals surface area contributed by atoms with Crippen molar-refractivity contribution in [3.8, 4) is 0 Å². The smallest absolute Gasteiger partial charge is 0.106 e. The number of halogens is 2. The van der Waals surface area contributed by atoms with Gasteiger partial charge in [-0.3, -0.25) is 0 Å². The first kappa shape index (κ1) is 12.6. The van der Waals surface area contributed by atoms with Crippen molar-refractivity contribution in [2.45, 2.75) is 13.5 Å². The van der Waals surface area contributed by atoms with E-state index in [0.717, 1.165) is 27.0 Å². The molecular formula is C13H12Br2N2. The van der Waals surface area contributed by atoms with Gasteiger partial charge < -0.3 is 5.32 Å². The molecule has 0 aliphatic rings. The standard InChI is InChI=1S/C13H12Br2N2/c1-9-5-6-10(14)7-12(9)16-8-11-3-2-4-13(15)17-11/h2-7,16H,8H2,1H3. The maximum absolute atomic E-state index is 4.38. The summed E-state index contributed by atoms with van der Waals surface area (Å²) in [6.45, 7) is 2.81. The molecule has 1 N–H and O–H groups in total. The van der Waals surface area contributed by atoms with Crippen molar-refractivity contribution in [1.29, 1.82) is 0 Å². The van der Waals surface area contributed by atoms with Gasteiger partial charge in [-0.2, -0.15) is 0 Å². The lowest BCUT2D eigenvalue weighted by atomic mass is 10.2. The Balaban J connectivity index is 2.09. The maximum atomic E-state index is 4.38. The monoisotopic (exact) mass is 354 g/mol. The van der Waals surface area contributed by atoms with E-state index in [9.17, 15) is 0 Å². The van der Waals surface area contributed by atoms with E-state index in [1.54, 1.807) is 0 Å². The number of benzene rings is 1. The highest BCUT2D eigenvalue weighted by Gasteiger charge is 2.00. The second-order valence-electron chi connectivity index (χ2n) is 3.76. The first-order valence-electron chi connectivity index (χ1n) is 5.26. The normalized spacial score (nSPS) is 10.3. The van der Waals surface area contributed by atoms with Crippen molar-refractivity contribution >= 4 is 37.5 Å². The van der Waals surface area contributed by atoms with Crippen LogP contribution in [0.15, 0.2) is 45.5 Å². The third-order valence-corrected chi connectivity index (χ3v) is 3.37. The summed E-state index contributed by atoms with van der Waals surface area (Å²) in [6.07, 6.45) is 0. The number of anilines is 1. The van der Waals surface area contributed by atoms with Crippen molar-refractivity contribution < 1.29 is 0 Å². The molecule has 2 nitrogen and oxygen atoms in total. The summed E-state index contributed by atoms with van der Waals surface area (Å²) in [7, 11) is 0. The third-order valence-electron chi connectivity index (χ3n) is 2.43. The molecule has 0 amide bonds. The molecule has 0 fully saturated rings. The highest BCUT2D eigenvalue weighted by Crippen LogP contribution is 2.21. The fourth-order valence-electron chi connectivity index (χ4n) is 1.52. The van der Waals surface area contributed by atoms with Gasteiger partial charge in [-0.25, -0.2) is 4.98 Å². The van der Waals surface area contributed by atoms with Crippen LogP contribution in [0.2, 0.25) is 0 Å². The van der Waals surface area contributed by atoms with Crippen LogP contribution in [-0.4, -0.2) is 4.98 Å². The fraction of sp³-hybridized carbons (Fsp3) is 0.154. The zero-order valence-corrected chi connectivity index (χ0v) is 12.5. The Bertz CT molecular complexity index is 527. The number of nitrogens with one attached hydrogen (secondary N) is 1. The molecular weight excluding hydrogens is 344 g/mol. The largest absolute Gasteiger partial charge is 0.379 e. The summed E-state index contributed by atoms with van der Waals surface area (Å²) >= 11 is 6.84. The second kappa shape index (κ2) is 5.65. The lowest BCUT2D eigenvalue weighted by Crippen LogP contribution is -2.02. The van der Waals surface area contributed by atoms with Gasteiger partial charge in [0.1, 0.15) is 4.60 Å².